The number of hydrogen-bond donors (Lipinski definition) is 1. The zero-order valence-corrected chi connectivity index (χ0v) is 14.9. The van der Waals surface area contributed by atoms with Crippen LogP contribution in [0.15, 0.2) is 18.2 Å². The minimum absolute atomic E-state index is 0.168. The summed E-state index contributed by atoms with van der Waals surface area (Å²) in [4.78, 5) is 24.7. The van der Waals surface area contributed by atoms with Crippen molar-refractivity contribution in [3.63, 3.8) is 0 Å². The summed E-state index contributed by atoms with van der Waals surface area (Å²) in [5.41, 5.74) is 1.26. The Morgan fingerprint density at radius 2 is 1.96 bits per heavy atom. The van der Waals surface area contributed by atoms with Crippen molar-refractivity contribution in [3.8, 4) is 5.75 Å². The largest absolute Gasteiger partial charge is 0.496 e. The van der Waals surface area contributed by atoms with Crippen LogP contribution in [0.3, 0.4) is 0 Å². The lowest BCUT2D eigenvalue weighted by Gasteiger charge is -2.30. The van der Waals surface area contributed by atoms with E-state index in [1.54, 1.807) is 19.1 Å². The molecule has 2 rings (SSSR count). The zero-order chi connectivity index (χ0) is 17.7. The molecule has 0 radical (unpaired) electrons. The second-order valence-electron chi connectivity index (χ2n) is 6.63. The molecule has 0 unspecified atom stereocenters. The molecule has 0 aliphatic heterocycles. The Bertz CT molecular complexity index is 599. The molecule has 1 amide bonds. The highest BCUT2D eigenvalue weighted by molar-refractivity contribution is 5.94. The SMILES string of the molecule is COc1ccc(C)cc1C(=O)O[C@H](C)C(=O)N[C@H]1CCCC[C@@H]1C. The summed E-state index contributed by atoms with van der Waals surface area (Å²) >= 11 is 0. The summed E-state index contributed by atoms with van der Waals surface area (Å²) in [6, 6.07) is 5.45. The number of nitrogens with one attached hydrogen (secondary N) is 1. The van der Waals surface area contributed by atoms with Crippen LogP contribution in [-0.4, -0.2) is 31.1 Å². The third-order valence-electron chi connectivity index (χ3n) is 4.67. The van der Waals surface area contributed by atoms with E-state index in [1.165, 1.54) is 13.5 Å². The molecule has 1 aliphatic rings. The summed E-state index contributed by atoms with van der Waals surface area (Å²) in [5, 5.41) is 3.02. The van der Waals surface area contributed by atoms with Crippen LogP contribution in [0.5, 0.6) is 5.75 Å². The van der Waals surface area contributed by atoms with Crippen molar-refractivity contribution in [2.45, 2.75) is 58.6 Å². The van der Waals surface area contributed by atoms with Gasteiger partial charge in [-0.15, -0.1) is 0 Å². The van der Waals surface area contributed by atoms with Gasteiger partial charge in [0, 0.05) is 6.04 Å². The summed E-state index contributed by atoms with van der Waals surface area (Å²) in [7, 11) is 1.50. The van der Waals surface area contributed by atoms with E-state index in [-0.39, 0.29) is 11.9 Å². The number of aryl methyl sites for hydroxylation is 1. The number of esters is 1. The molecule has 1 aromatic carbocycles. The number of ether oxygens (including phenoxy) is 2. The molecule has 0 heterocycles. The first-order valence-electron chi connectivity index (χ1n) is 8.58. The fourth-order valence-corrected chi connectivity index (χ4v) is 3.09. The lowest BCUT2D eigenvalue weighted by molar-refractivity contribution is -0.130. The van der Waals surface area contributed by atoms with Crippen LogP contribution < -0.4 is 10.1 Å². The Kier molecular flexibility index (Phi) is 6.23. The van der Waals surface area contributed by atoms with Gasteiger partial charge in [-0.3, -0.25) is 4.79 Å². The first kappa shape index (κ1) is 18.3. The van der Waals surface area contributed by atoms with Crippen LogP contribution in [0.25, 0.3) is 0 Å². The highest BCUT2D eigenvalue weighted by Crippen LogP contribution is 2.24. The maximum atomic E-state index is 12.4. The third-order valence-corrected chi connectivity index (χ3v) is 4.67. The normalized spacial score (nSPS) is 21.7. The molecule has 0 aromatic heterocycles. The van der Waals surface area contributed by atoms with Crippen LogP contribution in [0, 0.1) is 12.8 Å². The van der Waals surface area contributed by atoms with Crippen LogP contribution in [0.4, 0.5) is 0 Å². The van der Waals surface area contributed by atoms with E-state index in [0.717, 1.165) is 24.8 Å². The van der Waals surface area contributed by atoms with Gasteiger partial charge in [0.1, 0.15) is 11.3 Å². The molecule has 1 fully saturated rings. The van der Waals surface area contributed by atoms with E-state index >= 15 is 0 Å². The van der Waals surface area contributed by atoms with Gasteiger partial charge in [-0.05, 0) is 44.7 Å². The molecule has 1 aromatic rings. The molecule has 5 nitrogen and oxygen atoms in total. The first-order valence-corrected chi connectivity index (χ1v) is 8.58. The van der Waals surface area contributed by atoms with Gasteiger partial charge in [0.15, 0.2) is 6.10 Å². The van der Waals surface area contributed by atoms with Crippen molar-refractivity contribution < 1.29 is 19.1 Å². The first-order chi connectivity index (χ1) is 11.4. The third kappa shape index (κ3) is 4.49. The van der Waals surface area contributed by atoms with E-state index in [2.05, 4.69) is 12.2 Å². The highest BCUT2D eigenvalue weighted by Gasteiger charge is 2.27. The summed E-state index contributed by atoms with van der Waals surface area (Å²) in [6.45, 7) is 5.64. The van der Waals surface area contributed by atoms with Gasteiger partial charge >= 0.3 is 5.97 Å². The summed E-state index contributed by atoms with van der Waals surface area (Å²) in [5.74, 6) is 0.116. The fraction of sp³-hybridized carbons (Fsp3) is 0.579. The minimum Gasteiger partial charge on any atom is -0.496 e. The van der Waals surface area contributed by atoms with Crippen LogP contribution in [0.2, 0.25) is 0 Å². The Morgan fingerprint density at radius 1 is 1.25 bits per heavy atom. The van der Waals surface area contributed by atoms with Crippen molar-refractivity contribution in [2.75, 3.05) is 7.11 Å². The van der Waals surface area contributed by atoms with Gasteiger partial charge in [-0.25, -0.2) is 4.79 Å². The number of hydrogen-bond acceptors (Lipinski definition) is 4. The molecule has 0 saturated heterocycles. The maximum absolute atomic E-state index is 12.4. The fourth-order valence-electron chi connectivity index (χ4n) is 3.09. The van der Waals surface area contributed by atoms with Gasteiger partial charge in [-0.2, -0.15) is 0 Å². The standard InChI is InChI=1S/C19H27NO4/c1-12-9-10-17(23-4)15(11-12)19(22)24-14(3)18(21)20-16-8-6-5-7-13(16)2/h9-11,13-14,16H,5-8H2,1-4H3,(H,20,21)/t13-,14+,16-/m0/s1. The van der Waals surface area contributed by atoms with Crippen molar-refractivity contribution in [2.24, 2.45) is 5.92 Å². The number of carbonyl (C=O) groups excluding carboxylic acids is 2. The lowest BCUT2D eigenvalue weighted by Crippen LogP contribution is -2.46. The van der Waals surface area contributed by atoms with E-state index in [9.17, 15) is 9.59 Å². The molecule has 0 bridgehead atoms. The van der Waals surface area contributed by atoms with Crippen molar-refractivity contribution in [1.82, 2.24) is 5.32 Å². The van der Waals surface area contributed by atoms with Crippen LogP contribution >= 0.6 is 0 Å². The molecular formula is C19H27NO4. The molecule has 5 heteroatoms. The van der Waals surface area contributed by atoms with Crippen LogP contribution in [-0.2, 0) is 9.53 Å². The van der Waals surface area contributed by atoms with Crippen molar-refractivity contribution in [1.29, 1.82) is 0 Å². The number of carbonyl (C=O) groups is 2. The highest BCUT2D eigenvalue weighted by atomic mass is 16.5. The number of amides is 1. The average molecular weight is 333 g/mol. The minimum atomic E-state index is -0.836. The quantitative estimate of drug-likeness (QED) is 0.840. The average Bonchev–Trinajstić information content (AvgIpc) is 2.56. The van der Waals surface area contributed by atoms with Gasteiger partial charge in [0.2, 0.25) is 0 Å². The Hall–Kier alpha value is -2.04. The maximum Gasteiger partial charge on any atom is 0.342 e. The molecule has 0 spiro atoms. The van der Waals surface area contributed by atoms with E-state index in [1.807, 2.05) is 13.0 Å². The molecular weight excluding hydrogens is 306 g/mol. The predicted octanol–water partition coefficient (Wildman–Crippen LogP) is 3.24. The van der Waals surface area contributed by atoms with Gasteiger partial charge in [0.05, 0.1) is 7.11 Å². The predicted molar refractivity (Wildman–Crippen MR) is 92.2 cm³/mol. The van der Waals surface area contributed by atoms with Crippen LogP contribution in [0.1, 0.15) is 55.5 Å². The Morgan fingerprint density at radius 3 is 2.62 bits per heavy atom. The van der Waals surface area contributed by atoms with E-state index in [4.69, 9.17) is 9.47 Å². The number of rotatable bonds is 5. The molecule has 24 heavy (non-hydrogen) atoms. The van der Waals surface area contributed by atoms with Gasteiger partial charge in [-0.1, -0.05) is 31.4 Å². The van der Waals surface area contributed by atoms with Crippen molar-refractivity contribution in [3.05, 3.63) is 29.3 Å². The van der Waals surface area contributed by atoms with Gasteiger partial charge < -0.3 is 14.8 Å². The zero-order valence-electron chi connectivity index (χ0n) is 14.9. The lowest BCUT2D eigenvalue weighted by atomic mass is 9.86. The van der Waals surface area contributed by atoms with E-state index < -0.39 is 12.1 Å². The second-order valence-corrected chi connectivity index (χ2v) is 6.63. The molecule has 1 aliphatic carbocycles. The molecule has 3 atom stereocenters. The monoisotopic (exact) mass is 333 g/mol. The summed E-state index contributed by atoms with van der Waals surface area (Å²) in [6.07, 6.45) is 3.62. The number of methoxy groups -OCH3 is 1. The molecule has 1 N–H and O–H groups in total. The molecule has 1 saturated carbocycles. The van der Waals surface area contributed by atoms with Crippen molar-refractivity contribution >= 4 is 11.9 Å². The van der Waals surface area contributed by atoms with E-state index in [0.29, 0.717) is 17.2 Å². The van der Waals surface area contributed by atoms with Gasteiger partial charge in [0.25, 0.3) is 5.91 Å². The Labute approximate surface area is 143 Å². The Balaban J connectivity index is 1.98. The topological polar surface area (TPSA) is 64.6 Å². The molecule has 132 valence electrons. The summed E-state index contributed by atoms with van der Waals surface area (Å²) < 4.78 is 10.5. The smallest absolute Gasteiger partial charge is 0.342 e. The number of benzene rings is 1. The second kappa shape index (κ2) is 8.18.